The quantitative estimate of drug-likeness (QED) is 0.668. The lowest BCUT2D eigenvalue weighted by molar-refractivity contribution is -0.126. The number of carbonyl (C=O) groups excluding carboxylic acids is 2. The summed E-state index contributed by atoms with van der Waals surface area (Å²) in [6, 6.07) is 0. The average molecular weight is 209 g/mol. The highest BCUT2D eigenvalue weighted by Crippen LogP contribution is 2.39. The van der Waals surface area contributed by atoms with E-state index in [0.717, 1.165) is 12.8 Å². The molecule has 0 spiro atoms. The van der Waals surface area contributed by atoms with E-state index in [9.17, 15) is 9.59 Å². The van der Waals surface area contributed by atoms with Gasteiger partial charge in [0.25, 0.3) is 0 Å². The van der Waals surface area contributed by atoms with E-state index in [-0.39, 0.29) is 17.7 Å². The molecule has 1 saturated carbocycles. The maximum absolute atomic E-state index is 11.6. The Morgan fingerprint density at radius 1 is 1.07 bits per heavy atom. The van der Waals surface area contributed by atoms with Crippen LogP contribution in [0, 0.1) is 23.7 Å². The summed E-state index contributed by atoms with van der Waals surface area (Å²) in [5.41, 5.74) is 0. The number of hydrogen-bond donors (Lipinski definition) is 1. The van der Waals surface area contributed by atoms with Crippen molar-refractivity contribution in [1.29, 1.82) is 0 Å². The van der Waals surface area contributed by atoms with Gasteiger partial charge >= 0.3 is 0 Å². The summed E-state index contributed by atoms with van der Waals surface area (Å²) >= 11 is 0. The normalized spacial score (nSPS) is 41.7. The molecule has 0 radical (unpaired) electrons. The highest BCUT2D eigenvalue weighted by molar-refractivity contribution is 6.03. The third-order valence-electron chi connectivity index (χ3n) is 3.79. The molecule has 1 aliphatic carbocycles. The average Bonchev–Trinajstić information content (AvgIpc) is 2.43. The van der Waals surface area contributed by atoms with Crippen LogP contribution in [0.25, 0.3) is 0 Å². The van der Waals surface area contributed by atoms with Gasteiger partial charge in [-0.25, -0.2) is 0 Å². The molecule has 3 nitrogen and oxygen atoms in total. The van der Waals surface area contributed by atoms with E-state index in [1.165, 1.54) is 6.42 Å². The molecule has 1 heterocycles. The Bertz CT molecular complexity index is 277. The first-order valence-electron chi connectivity index (χ1n) is 5.90. The molecule has 0 aromatic carbocycles. The van der Waals surface area contributed by atoms with Crippen molar-refractivity contribution in [2.75, 3.05) is 0 Å². The molecule has 3 unspecified atom stereocenters. The summed E-state index contributed by atoms with van der Waals surface area (Å²) < 4.78 is 0. The van der Waals surface area contributed by atoms with Crippen LogP contribution >= 0.6 is 0 Å². The maximum Gasteiger partial charge on any atom is 0.230 e. The number of rotatable bonds is 1. The van der Waals surface area contributed by atoms with Gasteiger partial charge in [-0.1, -0.05) is 13.8 Å². The fourth-order valence-corrected chi connectivity index (χ4v) is 3.29. The Balaban J connectivity index is 2.03. The lowest BCUT2D eigenvalue weighted by Gasteiger charge is -2.33. The lowest BCUT2D eigenvalue weighted by Crippen LogP contribution is -2.30. The standard InChI is InChI=1S/C12H19NO2/c1-7-3-8(2)5-9(4-7)10-6-11(14)13-12(10)15/h7-10H,3-6H2,1-2H3,(H,13,14,15). The van der Waals surface area contributed by atoms with Crippen molar-refractivity contribution in [3.8, 4) is 0 Å². The summed E-state index contributed by atoms with van der Waals surface area (Å²) in [6.45, 7) is 4.49. The van der Waals surface area contributed by atoms with Crippen molar-refractivity contribution in [2.24, 2.45) is 23.7 Å². The second-order valence-corrected chi connectivity index (χ2v) is 5.40. The molecular formula is C12H19NO2. The molecule has 1 aliphatic heterocycles. The van der Waals surface area contributed by atoms with Crippen molar-refractivity contribution in [2.45, 2.75) is 39.5 Å². The van der Waals surface area contributed by atoms with Crippen molar-refractivity contribution < 1.29 is 9.59 Å². The van der Waals surface area contributed by atoms with Crippen LogP contribution < -0.4 is 5.32 Å². The Morgan fingerprint density at radius 2 is 1.67 bits per heavy atom. The molecule has 2 rings (SSSR count). The first kappa shape index (κ1) is 10.7. The molecular weight excluding hydrogens is 190 g/mol. The summed E-state index contributed by atoms with van der Waals surface area (Å²) in [5, 5.41) is 2.42. The molecule has 2 fully saturated rings. The van der Waals surface area contributed by atoms with E-state index in [2.05, 4.69) is 19.2 Å². The number of amides is 2. The van der Waals surface area contributed by atoms with Gasteiger partial charge in [-0.2, -0.15) is 0 Å². The zero-order valence-electron chi connectivity index (χ0n) is 9.45. The van der Waals surface area contributed by atoms with Gasteiger partial charge < -0.3 is 0 Å². The summed E-state index contributed by atoms with van der Waals surface area (Å²) in [5.74, 6) is 1.66. The SMILES string of the molecule is CC1CC(C)CC(C2CC(=O)NC2=O)C1. The van der Waals surface area contributed by atoms with Crippen LogP contribution in [-0.4, -0.2) is 11.8 Å². The fourth-order valence-electron chi connectivity index (χ4n) is 3.29. The molecule has 2 aliphatic rings. The van der Waals surface area contributed by atoms with Gasteiger partial charge in [0.05, 0.1) is 0 Å². The molecule has 0 aromatic heterocycles. The Kier molecular flexibility index (Phi) is 2.81. The van der Waals surface area contributed by atoms with Gasteiger partial charge in [-0.3, -0.25) is 14.9 Å². The number of hydrogen-bond acceptors (Lipinski definition) is 2. The molecule has 15 heavy (non-hydrogen) atoms. The molecule has 0 aromatic rings. The highest BCUT2D eigenvalue weighted by Gasteiger charge is 2.39. The summed E-state index contributed by atoms with van der Waals surface area (Å²) in [4.78, 5) is 22.7. The number of nitrogens with one attached hydrogen (secondary N) is 1. The first-order valence-corrected chi connectivity index (χ1v) is 5.90. The van der Waals surface area contributed by atoms with E-state index in [1.54, 1.807) is 0 Å². The van der Waals surface area contributed by atoms with Gasteiger partial charge in [0.15, 0.2) is 0 Å². The largest absolute Gasteiger partial charge is 0.296 e. The molecule has 84 valence electrons. The fraction of sp³-hybridized carbons (Fsp3) is 0.833. The Morgan fingerprint density at radius 3 is 2.13 bits per heavy atom. The van der Waals surface area contributed by atoms with Crippen molar-refractivity contribution in [3.05, 3.63) is 0 Å². The first-order chi connectivity index (χ1) is 7.06. The van der Waals surface area contributed by atoms with Gasteiger partial charge in [-0.05, 0) is 37.0 Å². The van der Waals surface area contributed by atoms with Crippen LogP contribution in [-0.2, 0) is 9.59 Å². The minimum absolute atomic E-state index is 0.0358. The van der Waals surface area contributed by atoms with E-state index >= 15 is 0 Å². The van der Waals surface area contributed by atoms with Gasteiger partial charge in [-0.15, -0.1) is 0 Å². The predicted molar refractivity (Wildman–Crippen MR) is 56.9 cm³/mol. The van der Waals surface area contributed by atoms with Crippen molar-refractivity contribution in [3.63, 3.8) is 0 Å². The van der Waals surface area contributed by atoms with Gasteiger partial charge in [0.1, 0.15) is 0 Å². The van der Waals surface area contributed by atoms with E-state index in [1.807, 2.05) is 0 Å². The van der Waals surface area contributed by atoms with Gasteiger partial charge in [0.2, 0.25) is 11.8 Å². The Labute approximate surface area is 90.6 Å². The Hall–Kier alpha value is -0.860. The van der Waals surface area contributed by atoms with Crippen LogP contribution in [0.15, 0.2) is 0 Å². The van der Waals surface area contributed by atoms with E-state index < -0.39 is 0 Å². The summed E-state index contributed by atoms with van der Waals surface area (Å²) in [6.07, 6.45) is 3.90. The van der Waals surface area contributed by atoms with E-state index in [0.29, 0.717) is 24.2 Å². The lowest BCUT2D eigenvalue weighted by atomic mass is 9.71. The van der Waals surface area contributed by atoms with Crippen molar-refractivity contribution in [1.82, 2.24) is 5.32 Å². The molecule has 0 bridgehead atoms. The molecule has 3 heteroatoms. The zero-order chi connectivity index (χ0) is 11.0. The molecule has 1 saturated heterocycles. The third-order valence-corrected chi connectivity index (χ3v) is 3.79. The monoisotopic (exact) mass is 209 g/mol. The maximum atomic E-state index is 11.6. The summed E-state index contributed by atoms with van der Waals surface area (Å²) in [7, 11) is 0. The third kappa shape index (κ3) is 2.21. The minimum Gasteiger partial charge on any atom is -0.296 e. The molecule has 2 amide bonds. The van der Waals surface area contributed by atoms with Crippen LogP contribution in [0.4, 0.5) is 0 Å². The molecule has 1 N–H and O–H groups in total. The van der Waals surface area contributed by atoms with E-state index in [4.69, 9.17) is 0 Å². The second kappa shape index (κ2) is 3.95. The predicted octanol–water partition coefficient (Wildman–Crippen LogP) is 1.72. The highest BCUT2D eigenvalue weighted by atomic mass is 16.2. The van der Waals surface area contributed by atoms with Gasteiger partial charge in [0, 0.05) is 12.3 Å². The van der Waals surface area contributed by atoms with Crippen LogP contribution in [0.3, 0.4) is 0 Å². The topological polar surface area (TPSA) is 46.2 Å². The number of carbonyl (C=O) groups is 2. The smallest absolute Gasteiger partial charge is 0.230 e. The minimum atomic E-state index is -0.0871. The number of imide groups is 1. The van der Waals surface area contributed by atoms with Crippen LogP contribution in [0.1, 0.15) is 39.5 Å². The van der Waals surface area contributed by atoms with Crippen LogP contribution in [0.5, 0.6) is 0 Å². The van der Waals surface area contributed by atoms with Crippen LogP contribution in [0.2, 0.25) is 0 Å². The van der Waals surface area contributed by atoms with Crippen molar-refractivity contribution >= 4 is 11.8 Å². The zero-order valence-corrected chi connectivity index (χ0v) is 9.45. The molecule has 3 atom stereocenters. The second-order valence-electron chi connectivity index (χ2n) is 5.40.